The molecule has 0 saturated heterocycles. The standard InChI is InChI=1S/C19H36N6O6/c1-3-11(2)16(18(29)24-13(19(30)31)7-8-14(22)26)25-17(28)12(6-4-5-9-20)23-15(27)10-21/h11-13,16H,3-10,20-21H2,1-2H3,(H2,22,26)(H,23,27)(H,24,29)(H,25,28)(H,30,31). The van der Waals surface area contributed by atoms with Crippen molar-refractivity contribution in [3.63, 3.8) is 0 Å². The summed E-state index contributed by atoms with van der Waals surface area (Å²) in [6, 6.07) is -3.28. The third-order valence-electron chi connectivity index (χ3n) is 4.87. The molecule has 0 bridgehead atoms. The normalized spacial score (nSPS) is 14.6. The molecule has 0 aliphatic rings. The number of carbonyl (C=O) groups is 5. The molecule has 4 amide bonds. The Morgan fingerprint density at radius 2 is 1.55 bits per heavy atom. The molecule has 0 saturated carbocycles. The minimum absolute atomic E-state index is 0.175. The van der Waals surface area contributed by atoms with Crippen LogP contribution < -0.4 is 33.2 Å². The van der Waals surface area contributed by atoms with Crippen LogP contribution in [0.2, 0.25) is 0 Å². The third kappa shape index (κ3) is 11.3. The molecule has 0 radical (unpaired) electrons. The van der Waals surface area contributed by atoms with E-state index in [2.05, 4.69) is 16.0 Å². The second-order valence-electron chi connectivity index (χ2n) is 7.38. The molecule has 0 aromatic carbocycles. The first kappa shape index (κ1) is 28.3. The van der Waals surface area contributed by atoms with Crippen LogP contribution in [0.15, 0.2) is 0 Å². The van der Waals surface area contributed by atoms with Crippen molar-refractivity contribution in [3.05, 3.63) is 0 Å². The Morgan fingerprint density at radius 1 is 0.903 bits per heavy atom. The lowest BCUT2D eigenvalue weighted by atomic mass is 9.96. The van der Waals surface area contributed by atoms with Gasteiger partial charge in [0.1, 0.15) is 18.1 Å². The molecule has 4 atom stereocenters. The number of hydrogen-bond acceptors (Lipinski definition) is 7. The van der Waals surface area contributed by atoms with E-state index in [0.717, 1.165) is 0 Å². The minimum atomic E-state index is -1.33. The quantitative estimate of drug-likeness (QED) is 0.131. The van der Waals surface area contributed by atoms with Crippen molar-refractivity contribution in [2.75, 3.05) is 13.1 Å². The lowest BCUT2D eigenvalue weighted by Crippen LogP contribution is -2.58. The average molecular weight is 445 g/mol. The number of nitrogens with one attached hydrogen (secondary N) is 3. The van der Waals surface area contributed by atoms with Gasteiger partial charge in [0.15, 0.2) is 0 Å². The molecule has 0 aromatic heterocycles. The lowest BCUT2D eigenvalue weighted by Gasteiger charge is -2.27. The summed E-state index contributed by atoms with van der Waals surface area (Å²) in [5, 5.41) is 16.8. The van der Waals surface area contributed by atoms with E-state index in [1.807, 2.05) is 6.92 Å². The highest BCUT2D eigenvalue weighted by atomic mass is 16.4. The highest BCUT2D eigenvalue weighted by molar-refractivity contribution is 5.93. The fourth-order valence-electron chi connectivity index (χ4n) is 2.78. The number of primary amides is 1. The van der Waals surface area contributed by atoms with Gasteiger partial charge in [-0.05, 0) is 38.1 Å². The Labute approximate surface area is 182 Å². The maximum atomic E-state index is 12.8. The highest BCUT2D eigenvalue weighted by Crippen LogP contribution is 2.11. The summed E-state index contributed by atoms with van der Waals surface area (Å²) < 4.78 is 0. The largest absolute Gasteiger partial charge is 0.480 e. The molecule has 0 heterocycles. The van der Waals surface area contributed by atoms with E-state index in [-0.39, 0.29) is 25.3 Å². The summed E-state index contributed by atoms with van der Waals surface area (Å²) in [7, 11) is 0. The second-order valence-corrected chi connectivity index (χ2v) is 7.38. The van der Waals surface area contributed by atoms with E-state index in [4.69, 9.17) is 17.2 Å². The first-order valence-electron chi connectivity index (χ1n) is 10.4. The predicted molar refractivity (Wildman–Crippen MR) is 113 cm³/mol. The second kappa shape index (κ2) is 15.1. The summed E-state index contributed by atoms with van der Waals surface area (Å²) in [5.41, 5.74) is 15.8. The van der Waals surface area contributed by atoms with Crippen LogP contribution in [0.25, 0.3) is 0 Å². The molecular weight excluding hydrogens is 408 g/mol. The molecule has 31 heavy (non-hydrogen) atoms. The van der Waals surface area contributed by atoms with Gasteiger partial charge < -0.3 is 38.3 Å². The van der Waals surface area contributed by atoms with E-state index in [9.17, 15) is 29.1 Å². The van der Waals surface area contributed by atoms with Crippen LogP contribution in [0.4, 0.5) is 0 Å². The number of unbranched alkanes of at least 4 members (excludes halogenated alkanes) is 1. The van der Waals surface area contributed by atoms with Gasteiger partial charge in [-0.2, -0.15) is 0 Å². The summed E-state index contributed by atoms with van der Waals surface area (Å²) in [5.74, 6) is -4.14. The molecule has 12 nitrogen and oxygen atoms in total. The van der Waals surface area contributed by atoms with Gasteiger partial charge >= 0.3 is 5.97 Å². The van der Waals surface area contributed by atoms with E-state index >= 15 is 0 Å². The SMILES string of the molecule is CCC(C)C(NC(=O)C(CCCCN)NC(=O)CN)C(=O)NC(CCC(N)=O)C(=O)O. The molecule has 0 rings (SSSR count). The van der Waals surface area contributed by atoms with Crippen LogP contribution in [-0.2, 0) is 24.0 Å². The van der Waals surface area contributed by atoms with Crippen molar-refractivity contribution in [1.82, 2.24) is 16.0 Å². The van der Waals surface area contributed by atoms with Crippen LogP contribution in [0.1, 0.15) is 52.4 Å². The Morgan fingerprint density at radius 3 is 2.03 bits per heavy atom. The molecule has 0 fully saturated rings. The van der Waals surface area contributed by atoms with Crippen molar-refractivity contribution < 1.29 is 29.1 Å². The fraction of sp³-hybridized carbons (Fsp3) is 0.737. The topological polar surface area (TPSA) is 220 Å². The number of aliphatic carboxylic acids is 1. The van der Waals surface area contributed by atoms with Crippen LogP contribution in [-0.4, -0.2) is 65.9 Å². The number of hydrogen-bond donors (Lipinski definition) is 7. The zero-order valence-electron chi connectivity index (χ0n) is 18.2. The Hall–Kier alpha value is -2.73. The van der Waals surface area contributed by atoms with Gasteiger partial charge in [-0.15, -0.1) is 0 Å². The molecule has 0 aromatic rings. The van der Waals surface area contributed by atoms with Gasteiger partial charge in [-0.3, -0.25) is 19.2 Å². The zero-order valence-corrected chi connectivity index (χ0v) is 18.2. The molecular formula is C19H36N6O6. The Balaban J connectivity index is 5.38. The Kier molecular flexibility index (Phi) is 13.8. The average Bonchev–Trinajstić information content (AvgIpc) is 2.72. The lowest BCUT2D eigenvalue weighted by molar-refractivity contribution is -0.143. The molecule has 4 unspecified atom stereocenters. The van der Waals surface area contributed by atoms with Gasteiger partial charge in [-0.1, -0.05) is 20.3 Å². The predicted octanol–water partition coefficient (Wildman–Crippen LogP) is -2.08. The van der Waals surface area contributed by atoms with Gasteiger partial charge in [0.05, 0.1) is 6.54 Å². The molecule has 0 aliphatic heterocycles. The van der Waals surface area contributed by atoms with E-state index in [1.165, 1.54) is 0 Å². The van der Waals surface area contributed by atoms with Crippen LogP contribution in [0.3, 0.4) is 0 Å². The summed E-state index contributed by atoms with van der Waals surface area (Å²) in [6.07, 6.45) is 1.66. The van der Waals surface area contributed by atoms with Crippen molar-refractivity contribution in [2.24, 2.45) is 23.1 Å². The maximum absolute atomic E-state index is 12.8. The number of carbonyl (C=O) groups excluding carboxylic acids is 4. The maximum Gasteiger partial charge on any atom is 0.326 e. The molecule has 178 valence electrons. The Bertz CT molecular complexity index is 629. The molecule has 0 aliphatic carbocycles. The van der Waals surface area contributed by atoms with Crippen molar-refractivity contribution in [1.29, 1.82) is 0 Å². The zero-order chi connectivity index (χ0) is 24.0. The molecule has 12 heteroatoms. The number of carboxylic acid groups (broad SMARTS) is 1. The number of rotatable bonds is 16. The van der Waals surface area contributed by atoms with Crippen molar-refractivity contribution in [2.45, 2.75) is 70.5 Å². The van der Waals surface area contributed by atoms with Gasteiger partial charge in [0.2, 0.25) is 23.6 Å². The smallest absolute Gasteiger partial charge is 0.326 e. The summed E-state index contributed by atoms with van der Waals surface area (Å²) in [4.78, 5) is 59.6. The molecule has 0 spiro atoms. The van der Waals surface area contributed by atoms with Crippen molar-refractivity contribution in [3.8, 4) is 0 Å². The number of carboxylic acids is 1. The first-order valence-corrected chi connectivity index (χ1v) is 10.4. The van der Waals surface area contributed by atoms with Gasteiger partial charge in [0, 0.05) is 6.42 Å². The van der Waals surface area contributed by atoms with Gasteiger partial charge in [0.25, 0.3) is 0 Å². The van der Waals surface area contributed by atoms with Crippen molar-refractivity contribution >= 4 is 29.6 Å². The third-order valence-corrected chi connectivity index (χ3v) is 4.87. The monoisotopic (exact) mass is 444 g/mol. The van der Waals surface area contributed by atoms with E-state index in [0.29, 0.717) is 32.2 Å². The number of amides is 4. The molecule has 10 N–H and O–H groups in total. The number of nitrogens with two attached hydrogens (primary N) is 3. The summed E-state index contributed by atoms with van der Waals surface area (Å²) in [6.45, 7) is 3.68. The fourth-order valence-corrected chi connectivity index (χ4v) is 2.78. The highest BCUT2D eigenvalue weighted by Gasteiger charge is 2.32. The van der Waals surface area contributed by atoms with Gasteiger partial charge in [-0.25, -0.2) is 4.79 Å². The van der Waals surface area contributed by atoms with Crippen LogP contribution in [0.5, 0.6) is 0 Å². The van der Waals surface area contributed by atoms with Crippen LogP contribution in [0, 0.1) is 5.92 Å². The van der Waals surface area contributed by atoms with Crippen LogP contribution >= 0.6 is 0 Å². The minimum Gasteiger partial charge on any atom is -0.480 e. The summed E-state index contributed by atoms with van der Waals surface area (Å²) >= 11 is 0. The van der Waals surface area contributed by atoms with E-state index in [1.54, 1.807) is 6.92 Å². The van der Waals surface area contributed by atoms with E-state index < -0.39 is 47.7 Å². The first-order chi connectivity index (χ1) is 14.6.